The molecular weight excluding hydrogens is 284 g/mol. The second-order valence-corrected chi connectivity index (χ2v) is 5.95. The van der Waals surface area contributed by atoms with Gasteiger partial charge in [-0.15, -0.1) is 0 Å². The lowest BCUT2D eigenvalue weighted by atomic mass is 9.99. The number of rotatable bonds is 11. The van der Waals surface area contributed by atoms with Crippen LogP contribution < -0.4 is 16.0 Å². The summed E-state index contributed by atoms with van der Waals surface area (Å²) < 4.78 is 5.40. The van der Waals surface area contributed by atoms with Gasteiger partial charge in [0.15, 0.2) is 0 Å². The molecule has 1 aromatic carbocycles. The number of hydrazine groups is 1. The van der Waals surface area contributed by atoms with E-state index in [9.17, 15) is 0 Å². The van der Waals surface area contributed by atoms with Crippen LogP contribution in [0.15, 0.2) is 18.2 Å². The first-order valence-corrected chi connectivity index (χ1v) is 8.40. The van der Waals surface area contributed by atoms with Crippen LogP contribution in [0.1, 0.15) is 69.9 Å². The first kappa shape index (κ1) is 18.3. The van der Waals surface area contributed by atoms with Crippen molar-refractivity contribution >= 4 is 11.6 Å². The van der Waals surface area contributed by atoms with Gasteiger partial charge in [0, 0.05) is 16.6 Å². The predicted octanol–water partition coefficient (Wildman–Crippen LogP) is 4.99. The zero-order valence-electron chi connectivity index (χ0n) is 13.3. The van der Waals surface area contributed by atoms with Gasteiger partial charge in [0.1, 0.15) is 5.75 Å². The van der Waals surface area contributed by atoms with Gasteiger partial charge in [-0.3, -0.25) is 11.3 Å². The summed E-state index contributed by atoms with van der Waals surface area (Å²) in [6.45, 7) is 2.25. The first-order valence-electron chi connectivity index (χ1n) is 8.02. The van der Waals surface area contributed by atoms with Crippen molar-refractivity contribution < 1.29 is 4.74 Å². The Bertz CT molecular complexity index is 398. The highest BCUT2D eigenvalue weighted by molar-refractivity contribution is 6.30. The zero-order chi connectivity index (χ0) is 15.5. The van der Waals surface area contributed by atoms with Crippen molar-refractivity contribution in [3.8, 4) is 5.75 Å². The maximum Gasteiger partial charge on any atom is 0.125 e. The minimum atomic E-state index is 0.118. The molecule has 1 aromatic rings. The van der Waals surface area contributed by atoms with Gasteiger partial charge in [-0.1, -0.05) is 69.5 Å². The Morgan fingerprint density at radius 2 is 1.81 bits per heavy atom. The van der Waals surface area contributed by atoms with E-state index >= 15 is 0 Å². The number of benzene rings is 1. The maximum absolute atomic E-state index is 6.00. The molecule has 1 atom stereocenters. The molecule has 1 rings (SSSR count). The fraction of sp³-hybridized carbons (Fsp3) is 0.647. The lowest BCUT2D eigenvalue weighted by molar-refractivity contribution is 0.392. The molecule has 3 N–H and O–H groups in total. The second-order valence-electron chi connectivity index (χ2n) is 5.52. The Hall–Kier alpha value is -0.770. The summed E-state index contributed by atoms with van der Waals surface area (Å²) >= 11 is 6.00. The number of nitrogens with one attached hydrogen (secondary N) is 1. The molecule has 0 aliphatic rings. The number of methoxy groups -OCH3 is 1. The molecule has 120 valence electrons. The minimum absolute atomic E-state index is 0.118. The van der Waals surface area contributed by atoms with Crippen molar-refractivity contribution in [1.29, 1.82) is 0 Å². The van der Waals surface area contributed by atoms with Gasteiger partial charge in [-0.2, -0.15) is 0 Å². The van der Waals surface area contributed by atoms with Crippen LogP contribution in [0.3, 0.4) is 0 Å². The number of ether oxygens (including phenoxy) is 1. The van der Waals surface area contributed by atoms with Crippen molar-refractivity contribution in [2.45, 2.75) is 64.3 Å². The van der Waals surface area contributed by atoms with Gasteiger partial charge >= 0.3 is 0 Å². The van der Waals surface area contributed by atoms with Crippen LogP contribution in [-0.2, 0) is 0 Å². The van der Waals surface area contributed by atoms with E-state index in [1.165, 1.54) is 44.9 Å². The smallest absolute Gasteiger partial charge is 0.125 e. The van der Waals surface area contributed by atoms with Crippen LogP contribution in [0.25, 0.3) is 0 Å². The Morgan fingerprint density at radius 1 is 1.14 bits per heavy atom. The predicted molar refractivity (Wildman–Crippen MR) is 90.7 cm³/mol. The minimum Gasteiger partial charge on any atom is -0.496 e. The first-order chi connectivity index (χ1) is 10.2. The third kappa shape index (κ3) is 6.68. The lowest BCUT2D eigenvalue weighted by Gasteiger charge is -2.19. The third-order valence-corrected chi connectivity index (χ3v) is 4.10. The Labute approximate surface area is 134 Å². The Balaban J connectivity index is 2.41. The van der Waals surface area contributed by atoms with Crippen LogP contribution in [0, 0.1) is 0 Å². The van der Waals surface area contributed by atoms with Crippen LogP contribution in [0.2, 0.25) is 5.02 Å². The standard InChI is InChI=1S/C17H29ClN2O/c1-3-4-5-6-7-8-9-10-16(20-19)15-12-11-14(18)13-17(15)21-2/h11-13,16,20H,3-10,19H2,1-2H3. The monoisotopic (exact) mass is 312 g/mol. The van der Waals surface area contributed by atoms with E-state index in [2.05, 4.69) is 12.3 Å². The van der Waals surface area contributed by atoms with E-state index in [0.29, 0.717) is 5.02 Å². The molecule has 0 aromatic heterocycles. The largest absolute Gasteiger partial charge is 0.496 e. The highest BCUT2D eigenvalue weighted by Crippen LogP contribution is 2.30. The van der Waals surface area contributed by atoms with Crippen molar-refractivity contribution in [3.63, 3.8) is 0 Å². The van der Waals surface area contributed by atoms with Crippen LogP contribution in [-0.4, -0.2) is 7.11 Å². The molecule has 0 saturated heterocycles. The van der Waals surface area contributed by atoms with E-state index in [0.717, 1.165) is 17.7 Å². The molecule has 0 heterocycles. The highest BCUT2D eigenvalue weighted by Gasteiger charge is 2.14. The average Bonchev–Trinajstić information content (AvgIpc) is 2.50. The molecule has 0 aliphatic heterocycles. The molecule has 4 heteroatoms. The van der Waals surface area contributed by atoms with Crippen molar-refractivity contribution in [2.24, 2.45) is 5.84 Å². The van der Waals surface area contributed by atoms with Crippen LogP contribution in [0.5, 0.6) is 5.75 Å². The van der Waals surface area contributed by atoms with E-state index in [4.69, 9.17) is 22.2 Å². The van der Waals surface area contributed by atoms with Crippen molar-refractivity contribution in [1.82, 2.24) is 5.43 Å². The lowest BCUT2D eigenvalue weighted by Crippen LogP contribution is -2.28. The molecule has 3 nitrogen and oxygen atoms in total. The molecule has 0 aliphatic carbocycles. The number of halogens is 1. The SMILES string of the molecule is CCCCCCCCCC(NN)c1ccc(Cl)cc1OC. The quantitative estimate of drug-likeness (QED) is 0.343. The number of nitrogens with two attached hydrogens (primary N) is 1. The van der Waals surface area contributed by atoms with E-state index in [1.807, 2.05) is 18.2 Å². The summed E-state index contributed by atoms with van der Waals surface area (Å²) in [6.07, 6.45) is 10.1. The fourth-order valence-corrected chi connectivity index (χ4v) is 2.77. The van der Waals surface area contributed by atoms with Crippen LogP contribution >= 0.6 is 11.6 Å². The maximum atomic E-state index is 6.00. The fourth-order valence-electron chi connectivity index (χ4n) is 2.61. The highest BCUT2D eigenvalue weighted by atomic mass is 35.5. The van der Waals surface area contributed by atoms with Gasteiger partial charge in [0.25, 0.3) is 0 Å². The molecule has 0 radical (unpaired) electrons. The molecule has 0 saturated carbocycles. The summed E-state index contributed by atoms with van der Waals surface area (Å²) in [5, 5.41) is 0.683. The summed E-state index contributed by atoms with van der Waals surface area (Å²) in [4.78, 5) is 0. The number of unbranched alkanes of at least 4 members (excludes halogenated alkanes) is 6. The molecule has 0 amide bonds. The average molecular weight is 313 g/mol. The van der Waals surface area contributed by atoms with Gasteiger partial charge in [-0.25, -0.2) is 0 Å². The molecule has 0 spiro atoms. The van der Waals surface area contributed by atoms with E-state index in [-0.39, 0.29) is 6.04 Å². The number of hydrogen-bond acceptors (Lipinski definition) is 3. The molecule has 1 unspecified atom stereocenters. The molecule has 21 heavy (non-hydrogen) atoms. The van der Waals surface area contributed by atoms with Gasteiger partial charge in [-0.05, 0) is 18.6 Å². The van der Waals surface area contributed by atoms with E-state index in [1.54, 1.807) is 7.11 Å². The molecule has 0 bridgehead atoms. The van der Waals surface area contributed by atoms with Crippen LogP contribution in [0.4, 0.5) is 0 Å². The Kier molecular flexibility index (Phi) is 9.48. The summed E-state index contributed by atoms with van der Waals surface area (Å²) in [5.41, 5.74) is 3.98. The number of hydrogen-bond donors (Lipinski definition) is 2. The van der Waals surface area contributed by atoms with Crippen molar-refractivity contribution in [3.05, 3.63) is 28.8 Å². The topological polar surface area (TPSA) is 47.3 Å². The van der Waals surface area contributed by atoms with E-state index < -0.39 is 0 Å². The Morgan fingerprint density at radius 3 is 2.43 bits per heavy atom. The van der Waals surface area contributed by atoms with Gasteiger partial charge in [0.05, 0.1) is 7.11 Å². The summed E-state index contributed by atoms with van der Waals surface area (Å²) in [6, 6.07) is 5.83. The summed E-state index contributed by atoms with van der Waals surface area (Å²) in [5.74, 6) is 6.51. The molecule has 0 fully saturated rings. The second kappa shape index (κ2) is 10.9. The summed E-state index contributed by atoms with van der Waals surface area (Å²) in [7, 11) is 1.66. The zero-order valence-corrected chi connectivity index (χ0v) is 14.1. The van der Waals surface area contributed by atoms with Gasteiger partial charge < -0.3 is 4.74 Å². The van der Waals surface area contributed by atoms with Gasteiger partial charge in [0.2, 0.25) is 0 Å². The normalized spacial score (nSPS) is 12.4. The van der Waals surface area contributed by atoms with Crippen molar-refractivity contribution in [2.75, 3.05) is 7.11 Å². The third-order valence-electron chi connectivity index (χ3n) is 3.87. The molecular formula is C17H29ClN2O.